The van der Waals surface area contributed by atoms with Gasteiger partial charge < -0.3 is 24.3 Å². The van der Waals surface area contributed by atoms with Crippen LogP contribution in [0, 0.1) is 13.8 Å². The van der Waals surface area contributed by atoms with Crippen LogP contribution in [0.5, 0.6) is 5.75 Å². The van der Waals surface area contributed by atoms with Gasteiger partial charge >= 0.3 is 0 Å². The number of nitrogens with one attached hydrogen (secondary N) is 1. The van der Waals surface area contributed by atoms with Crippen LogP contribution < -0.4 is 15.0 Å². The molecular weight excluding hydrogens is 402 g/mol. The molecule has 0 unspecified atom stereocenters. The maximum absolute atomic E-state index is 13.6. The lowest BCUT2D eigenvalue weighted by molar-refractivity contribution is 0.0691. The number of likely N-dealkylation sites (tertiary alicyclic amines) is 1. The van der Waals surface area contributed by atoms with Crippen molar-refractivity contribution in [1.29, 1.82) is 0 Å². The number of fused-ring (bicyclic) bond motifs is 4. The number of hydrogen-bond donors (Lipinski definition) is 1. The van der Waals surface area contributed by atoms with E-state index in [9.17, 15) is 4.79 Å². The molecule has 32 heavy (non-hydrogen) atoms. The number of carbonyl (C=O) groups is 1. The first-order valence-corrected chi connectivity index (χ1v) is 11.8. The van der Waals surface area contributed by atoms with Crippen molar-refractivity contribution < 1.29 is 13.9 Å². The van der Waals surface area contributed by atoms with Gasteiger partial charge in [0.15, 0.2) is 0 Å². The number of rotatable bonds is 3. The summed E-state index contributed by atoms with van der Waals surface area (Å²) in [6.45, 7) is 6.49. The Kier molecular flexibility index (Phi) is 4.36. The van der Waals surface area contributed by atoms with Crippen LogP contribution in [-0.2, 0) is 0 Å². The Morgan fingerprint density at radius 3 is 2.69 bits per heavy atom. The van der Waals surface area contributed by atoms with E-state index in [0.29, 0.717) is 5.92 Å². The van der Waals surface area contributed by atoms with Gasteiger partial charge in [-0.1, -0.05) is 6.08 Å². The smallest absolute Gasteiger partial charge is 0.257 e. The van der Waals surface area contributed by atoms with Gasteiger partial charge in [-0.15, -0.1) is 0 Å². The van der Waals surface area contributed by atoms with E-state index in [1.165, 1.54) is 11.4 Å². The first kappa shape index (κ1) is 19.8. The lowest BCUT2D eigenvalue weighted by Gasteiger charge is -2.50. The third-order valence-electron chi connectivity index (χ3n) is 7.82. The number of aryl methyl sites for hydroxylation is 1. The van der Waals surface area contributed by atoms with Gasteiger partial charge in [0, 0.05) is 42.9 Å². The van der Waals surface area contributed by atoms with Crippen LogP contribution in [0.4, 0.5) is 11.4 Å². The molecule has 3 aliphatic heterocycles. The molecule has 0 atom stereocenters. The van der Waals surface area contributed by atoms with Gasteiger partial charge in [0.05, 0.1) is 29.6 Å². The lowest BCUT2D eigenvalue weighted by atomic mass is 9.81. The van der Waals surface area contributed by atoms with Crippen LogP contribution in [0.15, 0.2) is 34.4 Å². The Labute approximate surface area is 189 Å². The minimum atomic E-state index is -0.132. The first-order valence-electron chi connectivity index (χ1n) is 11.8. The Bertz CT molecular complexity index is 1120. The monoisotopic (exact) mass is 433 g/mol. The molecule has 4 aliphatic rings. The predicted octanol–water partition coefficient (Wildman–Crippen LogP) is 4.98. The van der Waals surface area contributed by atoms with Crippen LogP contribution in [0.3, 0.4) is 0 Å². The highest BCUT2D eigenvalue weighted by Gasteiger charge is 2.47. The predicted molar refractivity (Wildman–Crippen MR) is 125 cm³/mol. The molecular formula is C26H31N3O3. The van der Waals surface area contributed by atoms with E-state index >= 15 is 0 Å². The minimum Gasteiger partial charge on any atom is -0.497 e. The maximum Gasteiger partial charge on any atom is 0.257 e. The van der Waals surface area contributed by atoms with E-state index < -0.39 is 0 Å². The van der Waals surface area contributed by atoms with Gasteiger partial charge in [-0.2, -0.15) is 0 Å². The highest BCUT2D eigenvalue weighted by atomic mass is 16.5. The normalized spacial score (nSPS) is 21.2. The zero-order valence-corrected chi connectivity index (χ0v) is 19.2. The molecule has 1 N–H and O–H groups in total. The number of hydrogen-bond acceptors (Lipinski definition) is 5. The second-order valence-electron chi connectivity index (χ2n) is 9.71. The molecule has 1 saturated carbocycles. The molecule has 1 saturated heterocycles. The lowest BCUT2D eigenvalue weighted by Crippen LogP contribution is -2.56. The van der Waals surface area contributed by atoms with Crippen LogP contribution in [0.25, 0.3) is 0 Å². The van der Waals surface area contributed by atoms with E-state index in [2.05, 4.69) is 28.4 Å². The minimum absolute atomic E-state index is 0.132. The third-order valence-corrected chi connectivity index (χ3v) is 7.82. The van der Waals surface area contributed by atoms with Crippen molar-refractivity contribution >= 4 is 17.3 Å². The second kappa shape index (κ2) is 7.06. The zero-order valence-electron chi connectivity index (χ0n) is 19.2. The number of methoxy groups -OCH3 is 1. The quantitative estimate of drug-likeness (QED) is 0.740. The molecule has 2 aromatic rings. The van der Waals surface area contributed by atoms with Crippen molar-refractivity contribution in [3.8, 4) is 5.75 Å². The van der Waals surface area contributed by atoms with Gasteiger partial charge in [0.25, 0.3) is 5.91 Å². The molecule has 4 heterocycles. The fourth-order valence-electron chi connectivity index (χ4n) is 5.75. The van der Waals surface area contributed by atoms with Crippen molar-refractivity contribution in [2.45, 2.75) is 57.4 Å². The fraction of sp³-hybridized carbons (Fsp3) is 0.500. The molecule has 0 radical (unpaired) electrons. The zero-order chi connectivity index (χ0) is 22.0. The fourth-order valence-corrected chi connectivity index (χ4v) is 5.75. The van der Waals surface area contributed by atoms with Crippen LogP contribution in [0.2, 0.25) is 0 Å². The Morgan fingerprint density at radius 1 is 1.19 bits per heavy atom. The Balaban J connectivity index is 1.27. The molecule has 1 aromatic heterocycles. The van der Waals surface area contributed by atoms with Crippen molar-refractivity contribution in [3.05, 3.63) is 52.6 Å². The van der Waals surface area contributed by atoms with Gasteiger partial charge in [-0.3, -0.25) is 4.79 Å². The molecule has 6 rings (SSSR count). The number of ether oxygens (including phenoxy) is 1. The molecule has 2 fully saturated rings. The van der Waals surface area contributed by atoms with E-state index in [4.69, 9.17) is 9.15 Å². The van der Waals surface area contributed by atoms with Crippen molar-refractivity contribution in [3.63, 3.8) is 0 Å². The number of anilines is 2. The summed E-state index contributed by atoms with van der Waals surface area (Å²) < 4.78 is 11.5. The van der Waals surface area contributed by atoms with E-state index in [1.807, 2.05) is 24.8 Å². The Morgan fingerprint density at radius 2 is 1.97 bits per heavy atom. The van der Waals surface area contributed by atoms with E-state index in [1.54, 1.807) is 7.11 Å². The van der Waals surface area contributed by atoms with Gasteiger partial charge in [0.1, 0.15) is 17.3 Å². The van der Waals surface area contributed by atoms with Crippen molar-refractivity contribution in [2.75, 3.05) is 37.0 Å². The second-order valence-corrected chi connectivity index (χ2v) is 9.71. The Hall–Kier alpha value is -2.89. The summed E-state index contributed by atoms with van der Waals surface area (Å²) in [5, 5.41) is 3.87. The molecule has 6 nitrogen and oxygen atoms in total. The average Bonchev–Trinajstić information content (AvgIpc) is 3.45. The van der Waals surface area contributed by atoms with Crippen molar-refractivity contribution in [2.24, 2.45) is 0 Å². The largest absolute Gasteiger partial charge is 0.497 e. The average molecular weight is 434 g/mol. The standard InChI is InChI=1S/C26H31N3O3/c1-16-17(2)32-24(18-6-7-18)23(16)25(30)28-13-10-26(11-14-28)22-5-4-12-29(22)21-9-8-19(31-3)15-20(21)27-26/h5,8-9,15,18,27H,4,6-7,10-14H2,1-3H3. The third kappa shape index (κ3) is 2.88. The number of amides is 1. The first-order chi connectivity index (χ1) is 15.5. The van der Waals surface area contributed by atoms with Gasteiger partial charge in [-0.25, -0.2) is 0 Å². The van der Waals surface area contributed by atoms with Crippen LogP contribution in [0.1, 0.15) is 65.5 Å². The molecule has 168 valence electrons. The SMILES string of the molecule is COc1ccc2c(c1)NC1(CCN(C(=O)c3c(C4CC4)oc(C)c3C)CC1)C1=CCCN12. The highest BCUT2D eigenvalue weighted by Crippen LogP contribution is 2.49. The summed E-state index contributed by atoms with van der Waals surface area (Å²) >= 11 is 0. The molecule has 1 amide bonds. The number of piperidine rings is 1. The maximum atomic E-state index is 13.6. The van der Waals surface area contributed by atoms with Gasteiger partial charge in [-0.05, 0) is 58.1 Å². The molecule has 1 spiro atoms. The molecule has 6 heteroatoms. The van der Waals surface area contributed by atoms with Crippen LogP contribution in [-0.4, -0.2) is 43.1 Å². The number of benzene rings is 1. The van der Waals surface area contributed by atoms with E-state index in [0.717, 1.165) is 85.8 Å². The molecule has 1 aromatic carbocycles. The van der Waals surface area contributed by atoms with E-state index in [-0.39, 0.29) is 11.4 Å². The summed E-state index contributed by atoms with van der Waals surface area (Å²) in [6, 6.07) is 6.28. The van der Waals surface area contributed by atoms with Crippen molar-refractivity contribution in [1.82, 2.24) is 4.90 Å². The van der Waals surface area contributed by atoms with Gasteiger partial charge in [0.2, 0.25) is 0 Å². The number of nitrogens with zero attached hydrogens (tertiary/aromatic N) is 2. The summed E-state index contributed by atoms with van der Waals surface area (Å²) in [5.41, 5.74) is 5.43. The topological polar surface area (TPSA) is 58.0 Å². The summed E-state index contributed by atoms with van der Waals surface area (Å²) in [6.07, 6.45) is 7.50. The summed E-state index contributed by atoms with van der Waals surface area (Å²) in [5.74, 6) is 3.25. The van der Waals surface area contributed by atoms with Crippen LogP contribution >= 0.6 is 0 Å². The number of carbonyl (C=O) groups excluding carboxylic acids is 1. The molecule has 1 aliphatic carbocycles. The summed E-state index contributed by atoms with van der Waals surface area (Å²) in [7, 11) is 1.71. The highest BCUT2D eigenvalue weighted by molar-refractivity contribution is 5.97. The molecule has 0 bridgehead atoms. The number of furan rings is 1. The summed E-state index contributed by atoms with van der Waals surface area (Å²) in [4.78, 5) is 18.1.